The maximum atomic E-state index is 11.9. The Kier molecular flexibility index (Phi) is 5.98. The highest BCUT2D eigenvalue weighted by atomic mass is 79.9. The molecule has 2 aromatic carbocycles. The van der Waals surface area contributed by atoms with E-state index in [1.54, 1.807) is 7.05 Å². The van der Waals surface area contributed by atoms with Crippen molar-refractivity contribution in [2.75, 3.05) is 13.6 Å². The van der Waals surface area contributed by atoms with Crippen LogP contribution in [0.25, 0.3) is 0 Å². The molecule has 0 heterocycles. The first kappa shape index (κ1) is 16.5. The van der Waals surface area contributed by atoms with Crippen LogP contribution in [0.1, 0.15) is 17.2 Å². The maximum Gasteiger partial charge on any atom is 0.409 e. The molecule has 2 rings (SSSR count). The van der Waals surface area contributed by atoms with Gasteiger partial charge in [-0.3, -0.25) is 0 Å². The van der Waals surface area contributed by atoms with Crippen molar-refractivity contribution in [3.8, 4) is 0 Å². The summed E-state index contributed by atoms with van der Waals surface area (Å²) < 4.78 is 6.03. The van der Waals surface area contributed by atoms with E-state index in [-0.39, 0.29) is 13.2 Å². The van der Waals surface area contributed by atoms with Gasteiger partial charge in [-0.15, -0.1) is 0 Å². The molecular formula is C17H18BrNO3. The molecule has 1 unspecified atom stereocenters. The highest BCUT2D eigenvalue weighted by Crippen LogP contribution is 2.23. The van der Waals surface area contributed by atoms with Gasteiger partial charge in [0.25, 0.3) is 0 Å². The van der Waals surface area contributed by atoms with Crippen LogP contribution in [-0.2, 0) is 11.3 Å². The van der Waals surface area contributed by atoms with Crippen molar-refractivity contribution in [1.29, 1.82) is 0 Å². The smallest absolute Gasteiger partial charge is 0.409 e. The molecule has 0 saturated carbocycles. The second-order valence-corrected chi connectivity index (χ2v) is 5.81. The lowest BCUT2D eigenvalue weighted by atomic mass is 10.1. The number of aliphatic hydroxyl groups excluding tert-OH is 1. The van der Waals surface area contributed by atoms with Crippen LogP contribution in [0, 0.1) is 0 Å². The van der Waals surface area contributed by atoms with E-state index in [0.29, 0.717) is 0 Å². The third-order valence-corrected chi connectivity index (χ3v) is 3.95. The van der Waals surface area contributed by atoms with E-state index in [1.807, 2.05) is 54.6 Å². The SMILES string of the molecule is CN(CC(O)c1ccccc1Br)C(=O)OCc1ccccc1. The summed E-state index contributed by atoms with van der Waals surface area (Å²) in [6.45, 7) is 0.380. The molecule has 0 aliphatic carbocycles. The number of hydrogen-bond donors (Lipinski definition) is 1. The van der Waals surface area contributed by atoms with Gasteiger partial charge in [0.15, 0.2) is 0 Å². The number of likely N-dealkylation sites (N-methyl/N-ethyl adjacent to an activating group) is 1. The summed E-state index contributed by atoms with van der Waals surface area (Å²) in [5, 5.41) is 10.2. The zero-order chi connectivity index (χ0) is 15.9. The maximum absolute atomic E-state index is 11.9. The Balaban J connectivity index is 1.87. The topological polar surface area (TPSA) is 49.8 Å². The van der Waals surface area contributed by atoms with Crippen molar-refractivity contribution in [3.05, 3.63) is 70.2 Å². The van der Waals surface area contributed by atoms with E-state index < -0.39 is 12.2 Å². The van der Waals surface area contributed by atoms with Crippen molar-refractivity contribution in [2.24, 2.45) is 0 Å². The Bertz CT molecular complexity index is 618. The molecule has 1 atom stereocenters. The highest BCUT2D eigenvalue weighted by Gasteiger charge is 2.17. The zero-order valence-electron chi connectivity index (χ0n) is 12.3. The van der Waals surface area contributed by atoms with Crippen molar-refractivity contribution in [1.82, 2.24) is 4.90 Å². The molecule has 4 nitrogen and oxygen atoms in total. The standard InChI is InChI=1S/C17H18BrNO3/c1-19(11-16(20)14-9-5-6-10-15(14)18)17(21)22-12-13-7-3-2-4-8-13/h2-10,16,20H,11-12H2,1H3. The van der Waals surface area contributed by atoms with Crippen LogP contribution in [0.4, 0.5) is 4.79 Å². The average Bonchev–Trinajstić information content (AvgIpc) is 2.53. The first-order chi connectivity index (χ1) is 10.6. The van der Waals surface area contributed by atoms with Gasteiger partial charge in [0.2, 0.25) is 0 Å². The molecule has 1 N–H and O–H groups in total. The van der Waals surface area contributed by atoms with Gasteiger partial charge >= 0.3 is 6.09 Å². The fourth-order valence-electron chi connectivity index (χ4n) is 2.01. The monoisotopic (exact) mass is 363 g/mol. The molecule has 5 heteroatoms. The van der Waals surface area contributed by atoms with Gasteiger partial charge in [-0.2, -0.15) is 0 Å². The minimum Gasteiger partial charge on any atom is -0.445 e. The summed E-state index contributed by atoms with van der Waals surface area (Å²) in [4.78, 5) is 13.3. The molecule has 2 aromatic rings. The predicted molar refractivity (Wildman–Crippen MR) is 88.4 cm³/mol. The van der Waals surface area contributed by atoms with Gasteiger partial charge < -0.3 is 14.7 Å². The summed E-state index contributed by atoms with van der Waals surface area (Å²) >= 11 is 3.39. The summed E-state index contributed by atoms with van der Waals surface area (Å²) in [6.07, 6.45) is -1.24. The lowest BCUT2D eigenvalue weighted by Gasteiger charge is -2.21. The number of amides is 1. The number of halogens is 1. The second-order valence-electron chi connectivity index (χ2n) is 4.96. The van der Waals surface area contributed by atoms with Crippen molar-refractivity contribution in [2.45, 2.75) is 12.7 Å². The minimum atomic E-state index is -0.773. The number of benzene rings is 2. The Labute approximate surface area is 138 Å². The van der Waals surface area contributed by atoms with E-state index in [0.717, 1.165) is 15.6 Å². The number of nitrogens with zero attached hydrogens (tertiary/aromatic N) is 1. The molecule has 22 heavy (non-hydrogen) atoms. The Morgan fingerprint density at radius 1 is 1.18 bits per heavy atom. The van der Waals surface area contributed by atoms with Gasteiger partial charge in [-0.05, 0) is 17.2 Å². The van der Waals surface area contributed by atoms with Crippen LogP contribution < -0.4 is 0 Å². The van der Waals surface area contributed by atoms with Gasteiger partial charge in [-0.25, -0.2) is 4.79 Å². The first-order valence-corrected chi connectivity index (χ1v) is 7.71. The largest absolute Gasteiger partial charge is 0.445 e. The molecule has 0 aromatic heterocycles. The summed E-state index contributed by atoms with van der Waals surface area (Å²) in [5.74, 6) is 0. The molecule has 0 radical (unpaired) electrons. The second kappa shape index (κ2) is 7.96. The fraction of sp³-hybridized carbons (Fsp3) is 0.235. The highest BCUT2D eigenvalue weighted by molar-refractivity contribution is 9.10. The van der Waals surface area contributed by atoms with E-state index in [9.17, 15) is 9.90 Å². The van der Waals surface area contributed by atoms with Crippen molar-refractivity contribution < 1.29 is 14.6 Å². The van der Waals surface area contributed by atoms with E-state index in [4.69, 9.17) is 4.74 Å². The van der Waals surface area contributed by atoms with Crippen LogP contribution in [-0.4, -0.2) is 29.7 Å². The lowest BCUT2D eigenvalue weighted by molar-refractivity contribution is 0.0785. The molecule has 116 valence electrons. The van der Waals surface area contributed by atoms with Crippen molar-refractivity contribution in [3.63, 3.8) is 0 Å². The summed E-state index contributed by atoms with van der Waals surface area (Å²) in [6, 6.07) is 16.9. The van der Waals surface area contributed by atoms with Crippen LogP contribution >= 0.6 is 15.9 Å². The van der Waals surface area contributed by atoms with E-state index >= 15 is 0 Å². The van der Waals surface area contributed by atoms with Crippen molar-refractivity contribution >= 4 is 22.0 Å². The number of rotatable bonds is 5. The molecule has 0 bridgehead atoms. The quantitative estimate of drug-likeness (QED) is 0.879. The van der Waals surface area contributed by atoms with Gasteiger partial charge in [-0.1, -0.05) is 64.5 Å². The van der Waals surface area contributed by atoms with Crippen LogP contribution in [0.15, 0.2) is 59.1 Å². The number of carbonyl (C=O) groups excluding carboxylic acids is 1. The normalized spacial score (nSPS) is 11.8. The third-order valence-electron chi connectivity index (χ3n) is 3.23. The lowest BCUT2D eigenvalue weighted by Crippen LogP contribution is -2.31. The Morgan fingerprint density at radius 3 is 2.50 bits per heavy atom. The van der Waals surface area contributed by atoms with Crippen LogP contribution in [0.2, 0.25) is 0 Å². The molecule has 0 saturated heterocycles. The molecule has 1 amide bonds. The first-order valence-electron chi connectivity index (χ1n) is 6.92. The number of hydrogen-bond acceptors (Lipinski definition) is 3. The van der Waals surface area contributed by atoms with Crippen LogP contribution in [0.5, 0.6) is 0 Å². The predicted octanol–water partition coefficient (Wildman–Crippen LogP) is 3.75. The van der Waals surface area contributed by atoms with Gasteiger partial charge in [0.05, 0.1) is 12.6 Å². The number of carbonyl (C=O) groups is 1. The minimum absolute atomic E-state index is 0.163. The van der Waals surface area contributed by atoms with Gasteiger partial charge in [0, 0.05) is 11.5 Å². The zero-order valence-corrected chi connectivity index (χ0v) is 13.9. The molecule has 0 aliphatic rings. The third kappa shape index (κ3) is 4.58. The van der Waals surface area contributed by atoms with E-state index in [1.165, 1.54) is 4.90 Å². The number of ether oxygens (including phenoxy) is 1. The molecule has 0 spiro atoms. The molecular weight excluding hydrogens is 346 g/mol. The molecule has 0 aliphatic heterocycles. The van der Waals surface area contributed by atoms with Crippen LogP contribution in [0.3, 0.4) is 0 Å². The molecule has 0 fully saturated rings. The Morgan fingerprint density at radius 2 is 1.82 bits per heavy atom. The summed E-state index contributed by atoms with van der Waals surface area (Å²) in [5.41, 5.74) is 1.67. The Hall–Kier alpha value is -1.85. The van der Waals surface area contributed by atoms with E-state index in [2.05, 4.69) is 15.9 Å². The summed E-state index contributed by atoms with van der Waals surface area (Å²) in [7, 11) is 1.60. The average molecular weight is 364 g/mol. The fourth-order valence-corrected chi connectivity index (χ4v) is 2.56. The van der Waals surface area contributed by atoms with Gasteiger partial charge in [0.1, 0.15) is 6.61 Å². The number of aliphatic hydroxyl groups is 1.